The van der Waals surface area contributed by atoms with Crippen LogP contribution >= 0.6 is 11.6 Å². The van der Waals surface area contributed by atoms with E-state index < -0.39 is 0 Å². The van der Waals surface area contributed by atoms with E-state index in [1.54, 1.807) is 7.11 Å². The number of pyridine rings is 1. The molecule has 0 saturated carbocycles. The summed E-state index contributed by atoms with van der Waals surface area (Å²) in [7, 11) is 1.79. The topological polar surface area (TPSA) is 25.4 Å². The molecule has 3 nitrogen and oxygen atoms in total. The number of hydrogen-bond donors (Lipinski definition) is 0. The molecule has 0 amide bonds. The number of rotatable bonds is 7. The van der Waals surface area contributed by atoms with Crippen molar-refractivity contribution in [3.8, 4) is 23.0 Å². The van der Waals surface area contributed by atoms with E-state index in [0.29, 0.717) is 6.04 Å². The Kier molecular flexibility index (Phi) is 7.96. The maximum atomic E-state index is 5.96. The van der Waals surface area contributed by atoms with Gasteiger partial charge in [0, 0.05) is 42.9 Å². The smallest absolute Gasteiger partial charge is 0.113 e. The molecule has 3 aromatic rings. The molecule has 0 spiro atoms. The van der Waals surface area contributed by atoms with Crippen LogP contribution in [0.2, 0.25) is 5.02 Å². The predicted octanol–water partition coefficient (Wildman–Crippen LogP) is 6.00. The van der Waals surface area contributed by atoms with Crippen LogP contribution in [0, 0.1) is 11.8 Å². The first kappa shape index (κ1) is 22.6. The van der Waals surface area contributed by atoms with Crippen molar-refractivity contribution in [2.24, 2.45) is 0 Å². The Balaban J connectivity index is 1.26. The molecule has 1 fully saturated rings. The highest BCUT2D eigenvalue weighted by atomic mass is 35.5. The molecule has 0 bridgehead atoms. The van der Waals surface area contributed by atoms with Gasteiger partial charge in [-0.25, -0.2) is 4.98 Å². The second kappa shape index (κ2) is 11.3. The summed E-state index contributed by atoms with van der Waals surface area (Å²) in [5.74, 6) is 6.44. The molecule has 0 unspecified atom stereocenters. The number of hydrogen-bond acceptors (Lipinski definition) is 3. The monoisotopic (exact) mass is 444 g/mol. The predicted molar refractivity (Wildman–Crippen MR) is 132 cm³/mol. The van der Waals surface area contributed by atoms with Crippen molar-refractivity contribution in [1.82, 2.24) is 9.88 Å². The zero-order valence-electron chi connectivity index (χ0n) is 18.6. The van der Waals surface area contributed by atoms with Crippen LogP contribution in [0.3, 0.4) is 0 Å². The maximum absolute atomic E-state index is 5.96. The maximum Gasteiger partial charge on any atom is 0.113 e. The van der Waals surface area contributed by atoms with E-state index in [-0.39, 0.29) is 0 Å². The highest BCUT2D eigenvalue weighted by Gasteiger charge is 2.24. The van der Waals surface area contributed by atoms with Gasteiger partial charge in [-0.3, -0.25) is 4.90 Å². The Hall–Kier alpha value is -2.64. The molecule has 4 heteroatoms. The van der Waals surface area contributed by atoms with Crippen molar-refractivity contribution in [2.45, 2.75) is 38.3 Å². The fraction of sp³-hybridized carbons (Fsp3) is 0.321. The second-order valence-electron chi connectivity index (χ2n) is 8.28. The van der Waals surface area contributed by atoms with E-state index in [0.717, 1.165) is 47.8 Å². The van der Waals surface area contributed by atoms with Gasteiger partial charge in [0.1, 0.15) is 5.69 Å². The van der Waals surface area contributed by atoms with E-state index >= 15 is 0 Å². The van der Waals surface area contributed by atoms with Crippen molar-refractivity contribution in [3.05, 3.63) is 88.7 Å². The average Bonchev–Trinajstić information content (AvgIpc) is 3.26. The fourth-order valence-corrected chi connectivity index (χ4v) is 4.30. The third-order valence-electron chi connectivity index (χ3n) is 5.96. The van der Waals surface area contributed by atoms with Gasteiger partial charge in [0.2, 0.25) is 0 Å². The third-order valence-corrected chi connectivity index (χ3v) is 6.21. The summed E-state index contributed by atoms with van der Waals surface area (Å²) in [4.78, 5) is 7.02. The lowest BCUT2D eigenvalue weighted by molar-refractivity contribution is 0.112. The van der Waals surface area contributed by atoms with E-state index in [1.807, 2.05) is 36.5 Å². The number of aromatic nitrogens is 1. The van der Waals surface area contributed by atoms with Crippen LogP contribution < -0.4 is 0 Å². The van der Waals surface area contributed by atoms with Crippen LogP contribution in [0.4, 0.5) is 0 Å². The van der Waals surface area contributed by atoms with Crippen LogP contribution in [-0.4, -0.2) is 36.2 Å². The molecule has 32 heavy (non-hydrogen) atoms. The van der Waals surface area contributed by atoms with Crippen molar-refractivity contribution in [1.29, 1.82) is 0 Å². The van der Waals surface area contributed by atoms with Crippen molar-refractivity contribution in [3.63, 3.8) is 0 Å². The van der Waals surface area contributed by atoms with Crippen LogP contribution in [0.1, 0.15) is 36.1 Å². The second-order valence-corrected chi connectivity index (χ2v) is 8.72. The quantitative estimate of drug-likeness (QED) is 0.418. The number of ether oxygens (including phenoxy) is 1. The van der Waals surface area contributed by atoms with Crippen LogP contribution in [0.15, 0.2) is 66.9 Å². The van der Waals surface area contributed by atoms with Crippen molar-refractivity contribution < 1.29 is 4.74 Å². The molecule has 1 saturated heterocycles. The highest BCUT2D eigenvalue weighted by molar-refractivity contribution is 6.30. The fourth-order valence-electron chi connectivity index (χ4n) is 4.17. The molecule has 1 atom stereocenters. The Morgan fingerprint density at radius 1 is 1.00 bits per heavy atom. The molecular formula is C28H29ClN2O. The molecule has 0 radical (unpaired) electrons. The van der Waals surface area contributed by atoms with Crippen LogP contribution in [0.25, 0.3) is 11.1 Å². The Labute approximate surface area is 196 Å². The largest absolute Gasteiger partial charge is 0.383 e. The summed E-state index contributed by atoms with van der Waals surface area (Å²) in [6.45, 7) is 3.00. The van der Waals surface area contributed by atoms with E-state index in [4.69, 9.17) is 16.3 Å². The van der Waals surface area contributed by atoms with Crippen LogP contribution in [-0.2, 0) is 17.7 Å². The zero-order chi connectivity index (χ0) is 22.2. The Bertz CT molecular complexity index is 1050. The molecule has 2 heterocycles. The number of methoxy groups -OCH3 is 1. The number of nitrogens with zero attached hydrogens (tertiary/aromatic N) is 2. The molecule has 1 aliphatic rings. The van der Waals surface area contributed by atoms with Gasteiger partial charge < -0.3 is 4.74 Å². The molecule has 0 aliphatic carbocycles. The molecule has 164 valence electrons. The standard InChI is InChI=1S/C28H29ClN2O/c1-32-21-28-7-4-18-31(28)20-23-10-8-22(9-11-23)5-2-3-6-27-17-14-25(19-30-27)24-12-15-26(29)16-13-24/h8-17,19,28H,2,4-5,7,18,20-21H2,1H3/t28-/m1/s1. The minimum Gasteiger partial charge on any atom is -0.383 e. The minimum atomic E-state index is 0.559. The van der Waals surface area contributed by atoms with Gasteiger partial charge in [-0.05, 0) is 66.6 Å². The summed E-state index contributed by atoms with van der Waals surface area (Å²) < 4.78 is 5.37. The van der Waals surface area contributed by atoms with Gasteiger partial charge in [0.25, 0.3) is 0 Å². The molecule has 2 aromatic carbocycles. The Morgan fingerprint density at radius 2 is 1.75 bits per heavy atom. The molecular weight excluding hydrogens is 416 g/mol. The van der Waals surface area contributed by atoms with E-state index in [9.17, 15) is 0 Å². The number of aryl methyl sites for hydroxylation is 1. The van der Waals surface area contributed by atoms with Gasteiger partial charge in [-0.15, -0.1) is 0 Å². The first-order valence-corrected chi connectivity index (χ1v) is 11.6. The van der Waals surface area contributed by atoms with Gasteiger partial charge in [-0.2, -0.15) is 0 Å². The van der Waals surface area contributed by atoms with E-state index in [1.165, 1.54) is 30.5 Å². The molecule has 4 rings (SSSR count). The van der Waals surface area contributed by atoms with Gasteiger partial charge in [0.15, 0.2) is 0 Å². The van der Waals surface area contributed by atoms with Gasteiger partial charge in [0.05, 0.1) is 6.61 Å². The van der Waals surface area contributed by atoms with Crippen molar-refractivity contribution >= 4 is 11.6 Å². The van der Waals surface area contributed by atoms with Crippen LogP contribution in [0.5, 0.6) is 0 Å². The zero-order valence-corrected chi connectivity index (χ0v) is 19.3. The average molecular weight is 445 g/mol. The van der Waals surface area contributed by atoms with E-state index in [2.05, 4.69) is 52.1 Å². The number of halogens is 1. The van der Waals surface area contributed by atoms with Gasteiger partial charge in [-0.1, -0.05) is 60.0 Å². The minimum absolute atomic E-state index is 0.559. The van der Waals surface area contributed by atoms with Gasteiger partial charge >= 0.3 is 0 Å². The SMILES string of the molecule is COC[C@H]1CCCN1Cc1ccc(CCC#Cc2ccc(-c3ccc(Cl)cc3)cn2)cc1. The Morgan fingerprint density at radius 3 is 2.47 bits per heavy atom. The normalized spacial score (nSPS) is 16.0. The van der Waals surface area contributed by atoms with Crippen molar-refractivity contribution in [2.75, 3.05) is 20.3 Å². The first-order chi connectivity index (χ1) is 15.7. The number of likely N-dealkylation sites (tertiary alicyclic amines) is 1. The molecule has 1 aromatic heterocycles. The molecule has 1 aliphatic heterocycles. The summed E-state index contributed by atoms with van der Waals surface area (Å²) in [6.07, 6.45) is 6.14. The summed E-state index contributed by atoms with van der Waals surface area (Å²) in [5, 5.41) is 0.737. The lowest BCUT2D eigenvalue weighted by Crippen LogP contribution is -2.32. The summed E-state index contributed by atoms with van der Waals surface area (Å²) >= 11 is 5.96. The third kappa shape index (κ3) is 6.20. The first-order valence-electron chi connectivity index (χ1n) is 11.2. The highest BCUT2D eigenvalue weighted by Crippen LogP contribution is 2.22. The summed E-state index contributed by atoms with van der Waals surface area (Å²) in [5.41, 5.74) is 5.66. The lowest BCUT2D eigenvalue weighted by atomic mass is 10.1. The summed E-state index contributed by atoms with van der Waals surface area (Å²) in [6, 6.07) is 21.3. The molecule has 0 N–H and O–H groups in total. The number of benzene rings is 2. The lowest BCUT2D eigenvalue weighted by Gasteiger charge is -2.23.